The first kappa shape index (κ1) is 9.24. The lowest BCUT2D eigenvalue weighted by molar-refractivity contribution is -0.137. The molecule has 1 aliphatic carbocycles. The Morgan fingerprint density at radius 2 is 2.07 bits per heavy atom. The van der Waals surface area contributed by atoms with Crippen molar-refractivity contribution in [3.8, 4) is 0 Å². The van der Waals surface area contributed by atoms with Crippen molar-refractivity contribution in [1.82, 2.24) is 0 Å². The van der Waals surface area contributed by atoms with E-state index in [0.29, 0.717) is 12.0 Å². The smallest absolute Gasteiger partial charge is 0.303 e. The van der Waals surface area contributed by atoms with Crippen molar-refractivity contribution in [2.75, 3.05) is 0 Å². The van der Waals surface area contributed by atoms with Gasteiger partial charge in [0.25, 0.3) is 0 Å². The Hall–Kier alpha value is -1.32. The fraction of sp³-hybridized carbons (Fsp3) is 0.300. The second kappa shape index (κ2) is 2.83. The Morgan fingerprint density at radius 3 is 2.57 bits per heavy atom. The highest BCUT2D eigenvalue weighted by atomic mass is 19.4. The second-order valence-corrected chi connectivity index (χ2v) is 3.36. The summed E-state index contributed by atoms with van der Waals surface area (Å²) in [7, 11) is 0. The lowest BCUT2D eigenvalue weighted by Gasteiger charge is -2.26. The van der Waals surface area contributed by atoms with Crippen LogP contribution in [0.1, 0.15) is 22.6 Å². The van der Waals surface area contributed by atoms with Crippen molar-refractivity contribution < 1.29 is 18.0 Å². The fourth-order valence-corrected chi connectivity index (χ4v) is 1.66. The second-order valence-electron chi connectivity index (χ2n) is 3.36. The van der Waals surface area contributed by atoms with Crippen LogP contribution in [-0.2, 0) is 17.4 Å². The summed E-state index contributed by atoms with van der Waals surface area (Å²) < 4.78 is 36.7. The molecular weight excluding hydrogens is 193 g/mol. The molecule has 1 aliphatic rings. The number of alkyl halides is 3. The number of hydrogen-bond acceptors (Lipinski definition) is 1. The minimum atomic E-state index is -4.29. The van der Waals surface area contributed by atoms with Crippen LogP contribution in [-0.4, -0.2) is 6.29 Å². The quantitative estimate of drug-likeness (QED) is 0.636. The van der Waals surface area contributed by atoms with Gasteiger partial charge in [-0.3, -0.25) is 0 Å². The van der Waals surface area contributed by atoms with E-state index >= 15 is 0 Å². The topological polar surface area (TPSA) is 17.1 Å². The summed E-state index contributed by atoms with van der Waals surface area (Å²) in [6, 6.07) is 3.53. The first-order valence-electron chi connectivity index (χ1n) is 4.17. The highest BCUT2D eigenvalue weighted by Crippen LogP contribution is 2.38. The van der Waals surface area contributed by atoms with Crippen molar-refractivity contribution in [3.63, 3.8) is 0 Å². The van der Waals surface area contributed by atoms with E-state index in [1.807, 2.05) is 0 Å². The van der Waals surface area contributed by atoms with Crippen LogP contribution in [0.25, 0.3) is 0 Å². The highest BCUT2D eigenvalue weighted by molar-refractivity contribution is 5.69. The van der Waals surface area contributed by atoms with E-state index in [2.05, 4.69) is 0 Å². The third-order valence-electron chi connectivity index (χ3n) is 2.47. The number of carbonyl (C=O) groups excluding carboxylic acids is 1. The molecule has 1 atom stereocenters. The van der Waals surface area contributed by atoms with Gasteiger partial charge in [-0.1, -0.05) is 6.07 Å². The molecule has 0 fully saturated rings. The zero-order chi connectivity index (χ0) is 10.3. The van der Waals surface area contributed by atoms with Gasteiger partial charge in [0.05, 0.1) is 5.56 Å². The normalized spacial score (nSPS) is 19.8. The zero-order valence-corrected chi connectivity index (χ0v) is 7.14. The molecule has 1 aromatic rings. The average molecular weight is 200 g/mol. The molecule has 1 aromatic carbocycles. The van der Waals surface area contributed by atoms with Crippen LogP contribution in [0.4, 0.5) is 13.2 Å². The van der Waals surface area contributed by atoms with Gasteiger partial charge in [0.1, 0.15) is 6.29 Å². The van der Waals surface area contributed by atoms with Gasteiger partial charge in [-0.2, -0.15) is 13.2 Å². The minimum absolute atomic E-state index is 0.202. The molecule has 14 heavy (non-hydrogen) atoms. The van der Waals surface area contributed by atoms with Gasteiger partial charge in [-0.05, 0) is 29.7 Å². The Kier molecular flexibility index (Phi) is 1.87. The molecule has 0 amide bonds. The summed E-state index contributed by atoms with van der Waals surface area (Å²) in [4.78, 5) is 10.4. The van der Waals surface area contributed by atoms with Crippen molar-refractivity contribution in [3.05, 3.63) is 34.9 Å². The van der Waals surface area contributed by atoms with Crippen LogP contribution in [0.2, 0.25) is 0 Å². The maximum atomic E-state index is 12.2. The van der Waals surface area contributed by atoms with Gasteiger partial charge in [-0.25, -0.2) is 0 Å². The molecule has 0 bridgehead atoms. The van der Waals surface area contributed by atoms with E-state index in [4.69, 9.17) is 0 Å². The van der Waals surface area contributed by atoms with Crippen LogP contribution in [0.3, 0.4) is 0 Å². The molecular formula is C10H7F3O. The molecule has 0 heterocycles. The number of carbonyl (C=O) groups is 1. The minimum Gasteiger partial charge on any atom is -0.303 e. The molecule has 0 aromatic heterocycles. The maximum Gasteiger partial charge on any atom is 0.416 e. The first-order chi connectivity index (χ1) is 6.52. The van der Waals surface area contributed by atoms with Crippen LogP contribution < -0.4 is 0 Å². The van der Waals surface area contributed by atoms with E-state index in [-0.39, 0.29) is 5.92 Å². The summed E-state index contributed by atoms with van der Waals surface area (Å²) >= 11 is 0. The summed E-state index contributed by atoms with van der Waals surface area (Å²) in [5.41, 5.74) is 0.727. The van der Waals surface area contributed by atoms with E-state index in [0.717, 1.165) is 24.0 Å². The highest BCUT2D eigenvalue weighted by Gasteiger charge is 2.34. The molecule has 2 rings (SSSR count). The summed E-state index contributed by atoms with van der Waals surface area (Å²) in [6.45, 7) is 0. The number of aldehydes is 1. The predicted octanol–water partition coefficient (Wildman–Crippen LogP) is 2.54. The van der Waals surface area contributed by atoms with Gasteiger partial charge >= 0.3 is 6.18 Å². The monoisotopic (exact) mass is 200 g/mol. The van der Waals surface area contributed by atoms with E-state index in [1.165, 1.54) is 6.07 Å². The first-order valence-corrected chi connectivity index (χ1v) is 4.17. The molecule has 1 unspecified atom stereocenters. The van der Waals surface area contributed by atoms with Gasteiger partial charge in [0.2, 0.25) is 0 Å². The van der Waals surface area contributed by atoms with Crippen LogP contribution in [0.5, 0.6) is 0 Å². The van der Waals surface area contributed by atoms with E-state index in [9.17, 15) is 18.0 Å². The van der Waals surface area contributed by atoms with Crippen molar-refractivity contribution in [2.45, 2.75) is 18.5 Å². The van der Waals surface area contributed by atoms with Gasteiger partial charge in [0, 0.05) is 5.92 Å². The van der Waals surface area contributed by atoms with E-state index in [1.54, 1.807) is 0 Å². The maximum absolute atomic E-state index is 12.2. The van der Waals surface area contributed by atoms with Crippen LogP contribution >= 0.6 is 0 Å². The molecule has 4 heteroatoms. The standard InChI is InChI=1S/C10H7F3O/c11-10(12,13)8-1-2-9-6(4-8)3-7(9)5-14/h1-2,4-5,7H,3H2. The Balaban J connectivity index is 2.36. The van der Waals surface area contributed by atoms with Crippen LogP contribution in [0.15, 0.2) is 18.2 Å². The molecule has 0 aliphatic heterocycles. The third-order valence-corrected chi connectivity index (χ3v) is 2.47. The Bertz CT molecular complexity index is 381. The Labute approximate surface area is 78.5 Å². The molecule has 0 spiro atoms. The molecule has 0 radical (unpaired) electrons. The Morgan fingerprint density at radius 1 is 1.36 bits per heavy atom. The number of rotatable bonds is 1. The third kappa shape index (κ3) is 1.31. The van der Waals surface area contributed by atoms with Gasteiger partial charge in [-0.15, -0.1) is 0 Å². The number of benzene rings is 1. The molecule has 0 saturated carbocycles. The van der Waals surface area contributed by atoms with Gasteiger partial charge < -0.3 is 4.79 Å². The van der Waals surface area contributed by atoms with Crippen molar-refractivity contribution in [2.24, 2.45) is 0 Å². The molecule has 0 N–H and O–H groups in total. The van der Waals surface area contributed by atoms with Crippen molar-refractivity contribution in [1.29, 1.82) is 0 Å². The summed E-state index contributed by atoms with van der Waals surface area (Å²) in [5, 5.41) is 0. The van der Waals surface area contributed by atoms with Crippen LogP contribution in [0, 0.1) is 0 Å². The summed E-state index contributed by atoms with van der Waals surface area (Å²) in [6.07, 6.45) is -3.08. The number of fused-ring (bicyclic) bond motifs is 1. The lowest BCUT2D eigenvalue weighted by Crippen LogP contribution is -2.19. The zero-order valence-electron chi connectivity index (χ0n) is 7.14. The molecule has 0 saturated heterocycles. The number of hydrogen-bond donors (Lipinski definition) is 0. The fourth-order valence-electron chi connectivity index (χ4n) is 1.66. The number of halogens is 3. The summed E-state index contributed by atoms with van der Waals surface area (Å²) in [5.74, 6) is -0.202. The average Bonchev–Trinajstić information content (AvgIpc) is 2.05. The largest absolute Gasteiger partial charge is 0.416 e. The molecule has 74 valence electrons. The predicted molar refractivity (Wildman–Crippen MR) is 44.0 cm³/mol. The molecule has 1 nitrogen and oxygen atoms in total. The lowest BCUT2D eigenvalue weighted by atomic mass is 9.78. The SMILES string of the molecule is O=CC1Cc2cc(C(F)(F)F)ccc21. The van der Waals surface area contributed by atoms with Crippen molar-refractivity contribution >= 4 is 6.29 Å². The van der Waals surface area contributed by atoms with Gasteiger partial charge in [0.15, 0.2) is 0 Å². The van der Waals surface area contributed by atoms with E-state index < -0.39 is 11.7 Å².